The van der Waals surface area contributed by atoms with E-state index in [1.165, 1.54) is 12.1 Å². The van der Waals surface area contributed by atoms with Gasteiger partial charge < -0.3 is 4.90 Å². The zero-order chi connectivity index (χ0) is 18.5. The van der Waals surface area contributed by atoms with Crippen LogP contribution >= 0.6 is 0 Å². The highest BCUT2D eigenvalue weighted by atomic mass is 19.1. The predicted octanol–water partition coefficient (Wildman–Crippen LogP) is 1.14. The summed E-state index contributed by atoms with van der Waals surface area (Å²) in [7, 11) is 0. The van der Waals surface area contributed by atoms with Gasteiger partial charge >= 0.3 is 0 Å². The molecule has 1 aromatic carbocycles. The van der Waals surface area contributed by atoms with E-state index in [1.54, 1.807) is 29.2 Å². The van der Waals surface area contributed by atoms with Gasteiger partial charge in [-0.15, -0.1) is 0 Å². The summed E-state index contributed by atoms with van der Waals surface area (Å²) >= 11 is 0. The number of halogens is 1. The van der Waals surface area contributed by atoms with Gasteiger partial charge in [0.1, 0.15) is 5.69 Å². The number of nitrogens with zero attached hydrogens (tertiary/aromatic N) is 2. The minimum absolute atomic E-state index is 0.131. The molecule has 2 N–H and O–H groups in total. The lowest BCUT2D eigenvalue weighted by atomic mass is 10.1. The van der Waals surface area contributed by atoms with E-state index >= 15 is 0 Å². The van der Waals surface area contributed by atoms with Crippen LogP contribution < -0.4 is 10.9 Å². The minimum Gasteiger partial charge on any atom is -0.338 e. The molecule has 0 spiro atoms. The maximum Gasteiger partial charge on any atom is 0.288 e. The van der Waals surface area contributed by atoms with Gasteiger partial charge in [0.2, 0.25) is 11.9 Å². The van der Waals surface area contributed by atoms with E-state index in [1.807, 2.05) is 6.07 Å². The van der Waals surface area contributed by atoms with Gasteiger partial charge in [-0.3, -0.25) is 25.2 Å². The molecule has 2 aromatic rings. The number of likely N-dealkylation sites (tertiary alicyclic amines) is 1. The molecule has 8 heteroatoms. The van der Waals surface area contributed by atoms with Crippen LogP contribution in [-0.4, -0.2) is 40.7 Å². The topological polar surface area (TPSA) is 91.4 Å². The van der Waals surface area contributed by atoms with Gasteiger partial charge in [0, 0.05) is 18.7 Å². The number of carbonyl (C=O) groups is 3. The Labute approximate surface area is 149 Å². The summed E-state index contributed by atoms with van der Waals surface area (Å²) in [5.41, 5.74) is 4.94. The summed E-state index contributed by atoms with van der Waals surface area (Å²) in [5, 5.41) is 0. The molecule has 1 atom stereocenters. The van der Waals surface area contributed by atoms with E-state index in [-0.39, 0.29) is 18.1 Å². The summed E-state index contributed by atoms with van der Waals surface area (Å²) in [6.07, 6.45) is 0.499. The Morgan fingerprint density at radius 1 is 1.04 bits per heavy atom. The van der Waals surface area contributed by atoms with Crippen molar-refractivity contribution in [2.24, 2.45) is 5.92 Å². The van der Waals surface area contributed by atoms with Gasteiger partial charge in [-0.25, -0.2) is 4.98 Å². The molecule has 1 aromatic heterocycles. The van der Waals surface area contributed by atoms with Gasteiger partial charge in [0.25, 0.3) is 11.8 Å². The van der Waals surface area contributed by atoms with Crippen molar-refractivity contribution in [2.45, 2.75) is 6.42 Å². The van der Waals surface area contributed by atoms with Crippen LogP contribution in [0.2, 0.25) is 0 Å². The highest BCUT2D eigenvalue weighted by molar-refractivity contribution is 5.96. The van der Waals surface area contributed by atoms with Crippen LogP contribution in [0.15, 0.2) is 48.5 Å². The van der Waals surface area contributed by atoms with Crippen molar-refractivity contribution in [1.29, 1.82) is 0 Å². The van der Waals surface area contributed by atoms with E-state index in [9.17, 15) is 18.8 Å². The highest BCUT2D eigenvalue weighted by Gasteiger charge is 2.31. The second-order valence-corrected chi connectivity index (χ2v) is 5.89. The molecule has 0 saturated carbocycles. The fraction of sp³-hybridized carbons (Fsp3) is 0.222. The zero-order valence-electron chi connectivity index (χ0n) is 13.8. The first-order valence-corrected chi connectivity index (χ1v) is 8.11. The Morgan fingerprint density at radius 2 is 1.81 bits per heavy atom. The molecule has 7 nitrogen and oxygen atoms in total. The van der Waals surface area contributed by atoms with Crippen LogP contribution in [0.3, 0.4) is 0 Å². The minimum atomic E-state index is -0.783. The molecule has 2 heterocycles. The lowest BCUT2D eigenvalue weighted by molar-refractivity contribution is -0.125. The number of rotatable bonds is 3. The van der Waals surface area contributed by atoms with Crippen LogP contribution in [0, 0.1) is 11.9 Å². The lowest BCUT2D eigenvalue weighted by Crippen LogP contribution is -2.45. The molecule has 3 rings (SSSR count). The number of benzene rings is 1. The van der Waals surface area contributed by atoms with Crippen LogP contribution in [-0.2, 0) is 4.79 Å². The van der Waals surface area contributed by atoms with E-state index in [0.29, 0.717) is 18.5 Å². The molecule has 1 unspecified atom stereocenters. The molecule has 0 aliphatic carbocycles. The Kier molecular flexibility index (Phi) is 5.21. The largest absolute Gasteiger partial charge is 0.338 e. The van der Waals surface area contributed by atoms with Crippen LogP contribution in [0.1, 0.15) is 27.3 Å². The van der Waals surface area contributed by atoms with E-state index in [4.69, 9.17) is 0 Å². The van der Waals surface area contributed by atoms with Gasteiger partial charge in [-0.1, -0.05) is 24.3 Å². The van der Waals surface area contributed by atoms with E-state index in [2.05, 4.69) is 15.8 Å². The third kappa shape index (κ3) is 4.02. The fourth-order valence-corrected chi connectivity index (χ4v) is 2.74. The Balaban J connectivity index is 1.52. The van der Waals surface area contributed by atoms with Gasteiger partial charge in [0.05, 0.1) is 5.92 Å². The summed E-state index contributed by atoms with van der Waals surface area (Å²) in [4.78, 5) is 41.5. The molecular formula is C18H17FN4O3. The first kappa shape index (κ1) is 17.5. The quantitative estimate of drug-likeness (QED) is 0.637. The molecule has 1 fully saturated rings. The molecular weight excluding hydrogens is 339 g/mol. The number of carbonyl (C=O) groups excluding carboxylic acids is 3. The summed E-state index contributed by atoms with van der Waals surface area (Å²) in [6, 6.07) is 12.6. The maximum atomic E-state index is 13.0. The van der Waals surface area contributed by atoms with Gasteiger partial charge in [-0.2, -0.15) is 4.39 Å². The molecule has 3 amide bonds. The van der Waals surface area contributed by atoms with E-state index < -0.39 is 23.7 Å². The summed E-state index contributed by atoms with van der Waals surface area (Å²) in [6.45, 7) is 0.735. The predicted molar refractivity (Wildman–Crippen MR) is 90.3 cm³/mol. The zero-order valence-corrected chi connectivity index (χ0v) is 13.8. The van der Waals surface area contributed by atoms with Crippen molar-refractivity contribution >= 4 is 17.7 Å². The van der Waals surface area contributed by atoms with Gasteiger partial charge in [0.15, 0.2) is 0 Å². The fourth-order valence-electron chi connectivity index (χ4n) is 2.74. The van der Waals surface area contributed by atoms with Crippen molar-refractivity contribution in [2.75, 3.05) is 13.1 Å². The lowest BCUT2D eigenvalue weighted by Gasteiger charge is -2.16. The number of hydrogen-bond acceptors (Lipinski definition) is 4. The van der Waals surface area contributed by atoms with Crippen LogP contribution in [0.25, 0.3) is 0 Å². The first-order valence-electron chi connectivity index (χ1n) is 8.11. The molecule has 0 radical (unpaired) electrons. The molecule has 0 bridgehead atoms. The van der Waals surface area contributed by atoms with Crippen molar-refractivity contribution < 1.29 is 18.8 Å². The smallest absolute Gasteiger partial charge is 0.288 e. The summed E-state index contributed by atoms with van der Waals surface area (Å²) in [5.74, 6) is -2.46. The van der Waals surface area contributed by atoms with Crippen molar-refractivity contribution in [3.63, 3.8) is 0 Å². The average Bonchev–Trinajstić information content (AvgIpc) is 3.16. The Morgan fingerprint density at radius 3 is 2.54 bits per heavy atom. The number of nitrogens with one attached hydrogen (secondary N) is 2. The van der Waals surface area contributed by atoms with E-state index in [0.717, 1.165) is 6.07 Å². The number of hydrazine groups is 1. The highest BCUT2D eigenvalue weighted by Crippen LogP contribution is 2.18. The standard InChI is InChI=1S/C18H17FN4O3/c19-15-8-4-7-14(20-15)17(25)22-21-16(24)13-9-10-23(11-13)18(26)12-5-2-1-3-6-12/h1-8,13H,9-11H2,(H,21,24)(H,22,25). The van der Waals surface area contributed by atoms with Crippen molar-refractivity contribution in [3.05, 3.63) is 65.7 Å². The second-order valence-electron chi connectivity index (χ2n) is 5.89. The number of amides is 3. The van der Waals surface area contributed by atoms with Crippen LogP contribution in [0.4, 0.5) is 4.39 Å². The monoisotopic (exact) mass is 356 g/mol. The van der Waals surface area contributed by atoms with Crippen molar-refractivity contribution in [3.8, 4) is 0 Å². The third-order valence-electron chi connectivity index (χ3n) is 4.11. The van der Waals surface area contributed by atoms with Crippen LogP contribution in [0.5, 0.6) is 0 Å². The Bertz CT molecular complexity index is 828. The average molecular weight is 356 g/mol. The third-order valence-corrected chi connectivity index (χ3v) is 4.11. The molecule has 1 saturated heterocycles. The normalized spacial score (nSPS) is 16.2. The van der Waals surface area contributed by atoms with Crippen molar-refractivity contribution in [1.82, 2.24) is 20.7 Å². The Hall–Kier alpha value is -3.29. The van der Waals surface area contributed by atoms with Gasteiger partial charge in [-0.05, 0) is 30.7 Å². The summed E-state index contributed by atoms with van der Waals surface area (Å²) < 4.78 is 13.0. The number of aromatic nitrogens is 1. The second kappa shape index (κ2) is 7.73. The molecule has 26 heavy (non-hydrogen) atoms. The molecule has 1 aliphatic rings. The number of pyridine rings is 1. The first-order chi connectivity index (χ1) is 12.5. The molecule has 134 valence electrons. The number of hydrogen-bond donors (Lipinski definition) is 2. The SMILES string of the molecule is O=C(NNC(=O)C1CCN(C(=O)c2ccccc2)C1)c1cccc(F)n1. The maximum absolute atomic E-state index is 13.0. The molecule has 1 aliphatic heterocycles.